The number of rotatable bonds is 10. The Balaban J connectivity index is 1.55. The Morgan fingerprint density at radius 1 is 0.978 bits per heavy atom. The number of ether oxygens (including phenoxy) is 2. The summed E-state index contributed by atoms with van der Waals surface area (Å²) in [6, 6.07) is 23.7. The first-order valence-corrected chi connectivity index (χ1v) is 15.2. The molecule has 0 atom stereocenters. The van der Waals surface area contributed by atoms with Crippen LogP contribution in [0.25, 0.3) is 22.3 Å². The molecule has 1 aromatic heterocycles. The SMILES string of the molecule is CCOc1cc(C)c(-c2nc3ccccc3c(=O)n2N=Cc2cc(Cl)ccc2OCC(=O)Nc2ccccc2C)cc1C(C)C. The van der Waals surface area contributed by atoms with Crippen LogP contribution in [0.5, 0.6) is 11.5 Å². The van der Waals surface area contributed by atoms with Crippen molar-refractivity contribution >= 4 is 40.3 Å². The van der Waals surface area contributed by atoms with Crippen molar-refractivity contribution in [1.82, 2.24) is 9.66 Å². The highest BCUT2D eigenvalue weighted by Gasteiger charge is 2.19. The second-order valence-electron chi connectivity index (χ2n) is 10.9. The highest BCUT2D eigenvalue weighted by atomic mass is 35.5. The molecule has 230 valence electrons. The zero-order chi connectivity index (χ0) is 32.1. The van der Waals surface area contributed by atoms with Crippen LogP contribution in [0, 0.1) is 13.8 Å². The molecule has 9 heteroatoms. The van der Waals surface area contributed by atoms with Gasteiger partial charge in [-0.2, -0.15) is 9.78 Å². The Bertz CT molecular complexity index is 1970. The number of carbonyl (C=O) groups is 1. The van der Waals surface area contributed by atoms with Crippen LogP contribution in [0.15, 0.2) is 88.8 Å². The molecule has 0 bridgehead atoms. The second kappa shape index (κ2) is 13.8. The lowest BCUT2D eigenvalue weighted by atomic mass is 9.96. The third-order valence-corrected chi connectivity index (χ3v) is 7.57. The molecule has 1 amide bonds. The van der Waals surface area contributed by atoms with Gasteiger partial charge in [0, 0.05) is 21.8 Å². The van der Waals surface area contributed by atoms with Crippen LogP contribution in [0.4, 0.5) is 5.69 Å². The number of para-hydroxylation sites is 2. The summed E-state index contributed by atoms with van der Waals surface area (Å²) >= 11 is 6.34. The molecule has 0 spiro atoms. The smallest absolute Gasteiger partial charge is 0.282 e. The average molecular weight is 623 g/mol. The Hall–Kier alpha value is -4.95. The number of aromatic nitrogens is 2. The first-order valence-electron chi connectivity index (χ1n) is 14.8. The molecule has 5 rings (SSSR count). The molecule has 0 fully saturated rings. The number of hydrogen-bond donors (Lipinski definition) is 1. The number of nitrogens with zero attached hydrogens (tertiary/aromatic N) is 3. The Morgan fingerprint density at radius 3 is 2.49 bits per heavy atom. The van der Waals surface area contributed by atoms with E-state index < -0.39 is 0 Å². The van der Waals surface area contributed by atoms with E-state index in [9.17, 15) is 9.59 Å². The number of aryl methyl sites for hydroxylation is 2. The highest BCUT2D eigenvalue weighted by molar-refractivity contribution is 6.30. The molecular weight excluding hydrogens is 588 g/mol. The molecule has 8 nitrogen and oxygen atoms in total. The Kier molecular flexibility index (Phi) is 9.64. The van der Waals surface area contributed by atoms with Gasteiger partial charge in [-0.3, -0.25) is 9.59 Å². The monoisotopic (exact) mass is 622 g/mol. The number of amides is 1. The number of benzene rings is 4. The lowest BCUT2D eigenvalue weighted by Gasteiger charge is -2.18. The predicted octanol–water partition coefficient (Wildman–Crippen LogP) is 7.76. The van der Waals surface area contributed by atoms with Gasteiger partial charge in [0.2, 0.25) is 0 Å². The van der Waals surface area contributed by atoms with Crippen LogP contribution in [0.2, 0.25) is 5.02 Å². The molecule has 0 aliphatic heterocycles. The predicted molar refractivity (Wildman–Crippen MR) is 181 cm³/mol. The first kappa shape index (κ1) is 31.5. The number of halogens is 1. The Labute approximate surface area is 267 Å². The van der Waals surface area contributed by atoms with E-state index in [4.69, 9.17) is 26.1 Å². The van der Waals surface area contributed by atoms with Crippen molar-refractivity contribution in [3.05, 3.63) is 116 Å². The van der Waals surface area contributed by atoms with Crippen LogP contribution < -0.4 is 20.3 Å². The molecule has 45 heavy (non-hydrogen) atoms. The summed E-state index contributed by atoms with van der Waals surface area (Å²) < 4.78 is 13.1. The molecule has 1 heterocycles. The van der Waals surface area contributed by atoms with Crippen molar-refractivity contribution < 1.29 is 14.3 Å². The molecule has 0 aliphatic carbocycles. The quantitative estimate of drug-likeness (QED) is 0.161. The number of anilines is 1. The minimum atomic E-state index is -0.326. The van der Waals surface area contributed by atoms with Gasteiger partial charge in [-0.25, -0.2) is 4.98 Å². The van der Waals surface area contributed by atoms with Crippen molar-refractivity contribution in [2.45, 2.75) is 40.5 Å². The van der Waals surface area contributed by atoms with E-state index in [1.807, 2.05) is 69.3 Å². The van der Waals surface area contributed by atoms with E-state index in [2.05, 4.69) is 24.3 Å². The normalized spacial score (nSPS) is 11.4. The third kappa shape index (κ3) is 7.07. The molecule has 0 aliphatic rings. The molecular formula is C36H35ClN4O4. The van der Waals surface area contributed by atoms with Crippen LogP contribution in [-0.4, -0.2) is 35.0 Å². The Morgan fingerprint density at radius 2 is 1.73 bits per heavy atom. The molecule has 0 unspecified atom stereocenters. The van der Waals surface area contributed by atoms with Crippen molar-refractivity contribution in [2.75, 3.05) is 18.5 Å². The fourth-order valence-corrected chi connectivity index (χ4v) is 5.17. The van der Waals surface area contributed by atoms with E-state index in [-0.39, 0.29) is 24.0 Å². The first-order chi connectivity index (χ1) is 21.7. The van der Waals surface area contributed by atoms with Gasteiger partial charge in [0.05, 0.1) is 23.7 Å². The number of nitrogens with one attached hydrogen (secondary N) is 1. The standard InChI is InChI=1S/C36H35ClN4O4/c1-6-44-33-17-24(5)29(19-28(33)22(2)3)35-40-31-14-10-8-12-27(31)36(43)41(35)38-20-25-18-26(37)15-16-32(25)45-21-34(42)39-30-13-9-7-11-23(30)4/h7-20,22H,6,21H2,1-5H3,(H,39,42). The second-order valence-corrected chi connectivity index (χ2v) is 11.4. The van der Waals surface area contributed by atoms with E-state index in [0.717, 1.165) is 28.0 Å². The summed E-state index contributed by atoms with van der Waals surface area (Å²) in [5.41, 5.74) is 5.04. The molecule has 5 aromatic rings. The topological polar surface area (TPSA) is 94.8 Å². The van der Waals surface area contributed by atoms with E-state index in [1.165, 1.54) is 10.9 Å². The zero-order valence-electron chi connectivity index (χ0n) is 25.9. The maximum Gasteiger partial charge on any atom is 0.282 e. The largest absolute Gasteiger partial charge is 0.494 e. The minimum absolute atomic E-state index is 0.171. The van der Waals surface area contributed by atoms with E-state index in [1.54, 1.807) is 30.3 Å². The summed E-state index contributed by atoms with van der Waals surface area (Å²) in [6.07, 6.45) is 1.50. The zero-order valence-corrected chi connectivity index (χ0v) is 26.7. The molecule has 4 aromatic carbocycles. The number of hydrogen-bond acceptors (Lipinski definition) is 6. The van der Waals surface area contributed by atoms with Crippen molar-refractivity contribution in [3.8, 4) is 22.9 Å². The van der Waals surface area contributed by atoms with Gasteiger partial charge in [-0.05, 0) is 91.9 Å². The van der Waals surface area contributed by atoms with Crippen molar-refractivity contribution in [1.29, 1.82) is 0 Å². The van der Waals surface area contributed by atoms with Gasteiger partial charge in [0.1, 0.15) is 11.5 Å². The molecule has 1 N–H and O–H groups in total. The van der Waals surface area contributed by atoms with Gasteiger partial charge in [-0.15, -0.1) is 0 Å². The van der Waals surface area contributed by atoms with Crippen LogP contribution >= 0.6 is 11.6 Å². The maximum atomic E-state index is 13.9. The van der Waals surface area contributed by atoms with Crippen LogP contribution in [0.3, 0.4) is 0 Å². The summed E-state index contributed by atoms with van der Waals surface area (Å²) in [6.45, 7) is 10.3. The van der Waals surface area contributed by atoms with E-state index in [0.29, 0.717) is 45.4 Å². The third-order valence-electron chi connectivity index (χ3n) is 7.34. The summed E-state index contributed by atoms with van der Waals surface area (Å²) in [7, 11) is 0. The molecule has 0 saturated heterocycles. The number of carbonyl (C=O) groups excluding carboxylic acids is 1. The van der Waals surface area contributed by atoms with Crippen LogP contribution in [-0.2, 0) is 4.79 Å². The summed E-state index contributed by atoms with van der Waals surface area (Å²) in [5.74, 6) is 1.43. The molecule has 0 saturated carbocycles. The van der Waals surface area contributed by atoms with Gasteiger partial charge < -0.3 is 14.8 Å². The fraction of sp³-hybridized carbons (Fsp3) is 0.222. The lowest BCUT2D eigenvalue weighted by Crippen LogP contribution is -2.21. The van der Waals surface area contributed by atoms with Gasteiger partial charge in [0.15, 0.2) is 12.4 Å². The molecule has 0 radical (unpaired) electrons. The highest BCUT2D eigenvalue weighted by Crippen LogP contribution is 2.34. The fourth-order valence-electron chi connectivity index (χ4n) is 4.99. The van der Waals surface area contributed by atoms with Crippen LogP contribution in [0.1, 0.15) is 48.9 Å². The van der Waals surface area contributed by atoms with Gasteiger partial charge in [-0.1, -0.05) is 55.8 Å². The van der Waals surface area contributed by atoms with E-state index >= 15 is 0 Å². The lowest BCUT2D eigenvalue weighted by molar-refractivity contribution is -0.118. The summed E-state index contributed by atoms with van der Waals surface area (Å²) in [5, 5.41) is 8.37. The van der Waals surface area contributed by atoms with Gasteiger partial charge >= 0.3 is 0 Å². The average Bonchev–Trinajstić information content (AvgIpc) is 3.01. The number of fused-ring (bicyclic) bond motifs is 1. The van der Waals surface area contributed by atoms with Gasteiger partial charge in [0.25, 0.3) is 11.5 Å². The maximum absolute atomic E-state index is 13.9. The van der Waals surface area contributed by atoms with Crippen molar-refractivity contribution in [3.63, 3.8) is 0 Å². The minimum Gasteiger partial charge on any atom is -0.494 e. The summed E-state index contributed by atoms with van der Waals surface area (Å²) in [4.78, 5) is 31.5. The van der Waals surface area contributed by atoms with Crippen molar-refractivity contribution in [2.24, 2.45) is 5.10 Å².